The van der Waals surface area contributed by atoms with E-state index in [-0.39, 0.29) is 17.7 Å². The lowest BCUT2D eigenvalue weighted by atomic mass is 10.2. The van der Waals surface area contributed by atoms with Crippen molar-refractivity contribution in [3.8, 4) is 11.6 Å². The lowest BCUT2D eigenvalue weighted by Crippen LogP contribution is -2.32. The van der Waals surface area contributed by atoms with Gasteiger partial charge in [-0.1, -0.05) is 24.9 Å². The van der Waals surface area contributed by atoms with Crippen LogP contribution in [0.3, 0.4) is 0 Å². The molecule has 31 heavy (non-hydrogen) atoms. The molecule has 0 saturated carbocycles. The van der Waals surface area contributed by atoms with E-state index in [0.29, 0.717) is 48.0 Å². The van der Waals surface area contributed by atoms with Gasteiger partial charge in [0.2, 0.25) is 11.8 Å². The topological polar surface area (TPSA) is 71.5 Å². The molecular weight excluding hydrogens is 434 g/mol. The minimum Gasteiger partial charge on any atom is -0.436 e. The molecule has 8 heteroatoms. The smallest absolute Gasteiger partial charge is 0.263 e. The Morgan fingerprint density at radius 3 is 2.90 bits per heavy atom. The number of hydrogen-bond acceptors (Lipinski definition) is 5. The molecule has 0 radical (unpaired) electrons. The molecule has 1 aromatic heterocycles. The van der Waals surface area contributed by atoms with Gasteiger partial charge >= 0.3 is 0 Å². The maximum atomic E-state index is 13.2. The third-order valence-corrected chi connectivity index (χ3v) is 6.27. The maximum absolute atomic E-state index is 13.2. The number of amides is 2. The monoisotopic (exact) mass is 461 g/mol. The summed E-state index contributed by atoms with van der Waals surface area (Å²) in [7, 11) is 0. The molecule has 0 unspecified atom stereocenters. The van der Waals surface area contributed by atoms with Crippen molar-refractivity contribution in [1.82, 2.24) is 10.3 Å². The van der Waals surface area contributed by atoms with Gasteiger partial charge in [-0.05, 0) is 61.1 Å². The zero-order valence-electron chi connectivity index (χ0n) is 17.7. The lowest BCUT2D eigenvalue weighted by Gasteiger charge is -2.22. The van der Waals surface area contributed by atoms with E-state index < -0.39 is 0 Å². The number of nitrogens with zero attached hydrogens (tertiary/aromatic N) is 2. The molecule has 0 atom stereocenters. The highest BCUT2D eigenvalue weighted by atomic mass is 35.5. The fraction of sp³-hybridized carbons (Fsp3) is 0.435. The molecule has 0 aliphatic carbocycles. The van der Waals surface area contributed by atoms with Gasteiger partial charge < -0.3 is 15.0 Å². The fourth-order valence-corrected chi connectivity index (χ4v) is 4.45. The zero-order valence-corrected chi connectivity index (χ0v) is 19.3. The third-order valence-electron chi connectivity index (χ3n) is 4.88. The quantitative estimate of drug-likeness (QED) is 0.459. The number of aromatic nitrogens is 1. The molecule has 6 nitrogen and oxygen atoms in total. The van der Waals surface area contributed by atoms with Gasteiger partial charge in [0.15, 0.2) is 5.75 Å². The summed E-state index contributed by atoms with van der Waals surface area (Å²) in [6, 6.07) is 8.54. The Kier molecular flexibility index (Phi) is 9.03. The van der Waals surface area contributed by atoms with Gasteiger partial charge in [-0.3, -0.25) is 9.59 Å². The van der Waals surface area contributed by atoms with Gasteiger partial charge in [-0.2, -0.15) is 11.8 Å². The van der Waals surface area contributed by atoms with Crippen molar-refractivity contribution in [2.45, 2.75) is 39.0 Å². The van der Waals surface area contributed by atoms with Crippen molar-refractivity contribution in [3.63, 3.8) is 0 Å². The van der Waals surface area contributed by atoms with Crippen molar-refractivity contribution in [3.05, 3.63) is 47.1 Å². The molecule has 1 N–H and O–H groups in total. The molecule has 2 heterocycles. The largest absolute Gasteiger partial charge is 0.436 e. The number of carbonyl (C=O) groups is 2. The zero-order chi connectivity index (χ0) is 22.1. The van der Waals surface area contributed by atoms with Crippen molar-refractivity contribution < 1.29 is 14.3 Å². The number of thioether (sulfide) groups is 1. The first-order chi connectivity index (χ1) is 15.1. The first kappa shape index (κ1) is 23.4. The second-order valence-corrected chi connectivity index (χ2v) is 8.96. The van der Waals surface area contributed by atoms with Crippen LogP contribution in [0.5, 0.6) is 11.6 Å². The van der Waals surface area contributed by atoms with Crippen LogP contribution in [-0.2, 0) is 4.79 Å². The van der Waals surface area contributed by atoms with Crippen molar-refractivity contribution in [1.29, 1.82) is 0 Å². The summed E-state index contributed by atoms with van der Waals surface area (Å²) < 4.78 is 5.87. The Bertz CT molecular complexity index is 909. The van der Waals surface area contributed by atoms with Crippen LogP contribution < -0.4 is 15.0 Å². The predicted octanol–water partition coefficient (Wildman–Crippen LogP) is 5.31. The molecule has 0 bridgehead atoms. The number of ether oxygens (including phenoxy) is 1. The highest BCUT2D eigenvalue weighted by Crippen LogP contribution is 2.39. The van der Waals surface area contributed by atoms with E-state index in [1.54, 1.807) is 41.4 Å². The lowest BCUT2D eigenvalue weighted by molar-refractivity contribution is -0.121. The summed E-state index contributed by atoms with van der Waals surface area (Å²) in [6.45, 7) is 3.26. The second-order valence-electron chi connectivity index (χ2n) is 7.30. The number of carbonyl (C=O) groups excluding carboxylic acids is 2. The van der Waals surface area contributed by atoms with E-state index in [0.717, 1.165) is 12.2 Å². The molecule has 2 aromatic rings. The number of benzene rings is 1. The van der Waals surface area contributed by atoms with Crippen LogP contribution in [0.1, 0.15) is 49.4 Å². The number of hydrogen-bond donors (Lipinski definition) is 1. The maximum Gasteiger partial charge on any atom is 0.263 e. The van der Waals surface area contributed by atoms with Crippen LogP contribution in [0.15, 0.2) is 36.5 Å². The van der Waals surface area contributed by atoms with Gasteiger partial charge in [-0.15, -0.1) is 0 Å². The van der Waals surface area contributed by atoms with E-state index in [1.807, 2.05) is 11.8 Å². The van der Waals surface area contributed by atoms with Gasteiger partial charge in [0.25, 0.3) is 5.91 Å². The normalized spacial score (nSPS) is 12.6. The van der Waals surface area contributed by atoms with Gasteiger partial charge in [0, 0.05) is 30.7 Å². The Labute approximate surface area is 192 Å². The molecular formula is C23H28ClN3O3S. The molecule has 0 fully saturated rings. The Balaban J connectivity index is 1.55. The molecule has 0 saturated heterocycles. The van der Waals surface area contributed by atoms with Crippen LogP contribution in [0, 0.1) is 0 Å². The SMILES string of the molecule is CCCCSCCCNC(=O)CCCN1C(=O)c2cccnc2Oc2ccc(Cl)cc21. The molecule has 1 aromatic carbocycles. The number of fused-ring (bicyclic) bond motifs is 2. The van der Waals surface area contributed by atoms with Crippen LogP contribution in [0.2, 0.25) is 5.02 Å². The van der Waals surface area contributed by atoms with E-state index in [2.05, 4.69) is 17.2 Å². The van der Waals surface area contributed by atoms with E-state index in [9.17, 15) is 9.59 Å². The van der Waals surface area contributed by atoms with Crippen LogP contribution in [0.25, 0.3) is 0 Å². The molecule has 166 valence electrons. The summed E-state index contributed by atoms with van der Waals surface area (Å²) in [6.07, 6.45) is 5.90. The standard InChI is InChI=1S/C23H28ClN3O3S/c1-2-3-14-31-15-6-12-25-21(28)8-5-13-27-19-16-17(24)9-10-20(19)30-22-18(23(27)29)7-4-11-26-22/h4,7,9-11,16H,2-3,5-6,8,12-15H2,1H3,(H,25,28). The molecule has 1 aliphatic heterocycles. The average Bonchev–Trinajstić information content (AvgIpc) is 2.88. The summed E-state index contributed by atoms with van der Waals surface area (Å²) in [5, 5.41) is 3.48. The number of pyridine rings is 1. The molecule has 3 rings (SSSR count). The Morgan fingerprint density at radius 2 is 2.06 bits per heavy atom. The van der Waals surface area contributed by atoms with Gasteiger partial charge in [0.1, 0.15) is 5.56 Å². The van der Waals surface area contributed by atoms with E-state index >= 15 is 0 Å². The number of halogens is 1. The second kappa shape index (κ2) is 12.0. The molecule has 2 amide bonds. The Morgan fingerprint density at radius 1 is 1.23 bits per heavy atom. The minimum absolute atomic E-state index is 0.00506. The van der Waals surface area contributed by atoms with Crippen LogP contribution >= 0.6 is 23.4 Å². The van der Waals surface area contributed by atoms with Gasteiger partial charge in [0.05, 0.1) is 5.69 Å². The predicted molar refractivity (Wildman–Crippen MR) is 127 cm³/mol. The summed E-state index contributed by atoms with van der Waals surface area (Å²) in [4.78, 5) is 31.2. The van der Waals surface area contributed by atoms with Gasteiger partial charge in [-0.25, -0.2) is 4.98 Å². The summed E-state index contributed by atoms with van der Waals surface area (Å²) in [5.41, 5.74) is 0.972. The number of nitrogens with one attached hydrogen (secondary N) is 1. The summed E-state index contributed by atoms with van der Waals surface area (Å²) in [5.74, 6) is 2.82. The minimum atomic E-state index is -0.214. The van der Waals surface area contributed by atoms with Crippen molar-refractivity contribution in [2.24, 2.45) is 0 Å². The van der Waals surface area contributed by atoms with E-state index in [4.69, 9.17) is 16.3 Å². The van der Waals surface area contributed by atoms with Crippen LogP contribution in [0.4, 0.5) is 5.69 Å². The first-order valence-corrected chi connectivity index (χ1v) is 12.2. The number of anilines is 1. The first-order valence-electron chi connectivity index (χ1n) is 10.7. The van der Waals surface area contributed by atoms with E-state index in [1.165, 1.54) is 18.6 Å². The number of unbranched alkanes of at least 4 members (excludes halogenated alkanes) is 1. The average molecular weight is 462 g/mol. The Hall–Kier alpha value is -2.25. The van der Waals surface area contributed by atoms with Crippen molar-refractivity contribution >= 4 is 40.9 Å². The fourth-order valence-electron chi connectivity index (χ4n) is 3.24. The summed E-state index contributed by atoms with van der Waals surface area (Å²) >= 11 is 8.11. The third kappa shape index (κ3) is 6.61. The highest BCUT2D eigenvalue weighted by Gasteiger charge is 2.29. The number of rotatable bonds is 11. The molecule has 0 spiro atoms. The van der Waals surface area contributed by atoms with Crippen LogP contribution in [-0.4, -0.2) is 41.4 Å². The highest BCUT2D eigenvalue weighted by molar-refractivity contribution is 7.99. The van der Waals surface area contributed by atoms with Crippen molar-refractivity contribution in [2.75, 3.05) is 29.5 Å². The molecule has 1 aliphatic rings.